The molecule has 0 aliphatic carbocycles. The van der Waals surface area contributed by atoms with Crippen LogP contribution >= 0.6 is 11.6 Å². The third-order valence-electron chi connectivity index (χ3n) is 3.95. The molecular weight excluding hydrogens is 302 g/mol. The molecule has 0 bridgehead atoms. The van der Waals surface area contributed by atoms with E-state index in [1.54, 1.807) is 17.1 Å². The number of nitrogens with one attached hydrogen (secondary N) is 1. The van der Waals surface area contributed by atoms with E-state index >= 15 is 0 Å². The molecular formula is C15H16ClN5O. The van der Waals surface area contributed by atoms with Gasteiger partial charge in [-0.25, -0.2) is 4.98 Å². The van der Waals surface area contributed by atoms with Gasteiger partial charge in [-0.1, -0.05) is 11.6 Å². The lowest BCUT2D eigenvalue weighted by Crippen LogP contribution is -2.26. The molecule has 0 saturated carbocycles. The van der Waals surface area contributed by atoms with Crippen molar-refractivity contribution in [2.45, 2.75) is 25.5 Å². The molecule has 1 saturated heterocycles. The average molecular weight is 318 g/mol. The molecule has 1 fully saturated rings. The maximum Gasteiger partial charge on any atom is 0.144 e. The van der Waals surface area contributed by atoms with Gasteiger partial charge in [-0.05, 0) is 25.0 Å². The highest BCUT2D eigenvalue weighted by molar-refractivity contribution is 6.31. The normalized spacial score (nSPS) is 20.8. The van der Waals surface area contributed by atoms with Gasteiger partial charge in [0.05, 0.1) is 22.3 Å². The first kappa shape index (κ1) is 14.8. The lowest BCUT2D eigenvalue weighted by molar-refractivity contribution is 0.101. The maximum absolute atomic E-state index is 9.36. The van der Waals surface area contributed by atoms with Crippen molar-refractivity contribution in [3.05, 3.63) is 40.3 Å². The summed E-state index contributed by atoms with van der Waals surface area (Å²) >= 11 is 6.03. The topological polar surface area (TPSA) is 75.8 Å². The zero-order chi connectivity index (χ0) is 15.7. The third kappa shape index (κ3) is 2.54. The summed E-state index contributed by atoms with van der Waals surface area (Å²) in [6.45, 7) is 2.47. The second-order valence-electron chi connectivity index (χ2n) is 5.28. The molecule has 0 radical (unpaired) electrons. The molecule has 3 heterocycles. The number of rotatable bonds is 3. The molecule has 0 amide bonds. The number of aromatic nitrogens is 3. The SMILES string of the molecule is Cc1c(Cl)cnc(N[C@H]2CCO[C@@H]2c2ccnn2C)c1C#N. The minimum Gasteiger partial charge on any atom is -0.370 e. The molecule has 6 nitrogen and oxygen atoms in total. The number of pyridine rings is 1. The predicted octanol–water partition coefficient (Wildman–Crippen LogP) is 2.59. The summed E-state index contributed by atoms with van der Waals surface area (Å²) in [5, 5.41) is 17.4. The van der Waals surface area contributed by atoms with E-state index in [0.29, 0.717) is 23.0 Å². The lowest BCUT2D eigenvalue weighted by atomic mass is 10.1. The number of nitriles is 1. The minimum absolute atomic E-state index is 0.0376. The summed E-state index contributed by atoms with van der Waals surface area (Å²) in [5.74, 6) is 0.548. The minimum atomic E-state index is -0.114. The van der Waals surface area contributed by atoms with Crippen LogP contribution in [0, 0.1) is 18.3 Å². The van der Waals surface area contributed by atoms with Crippen LogP contribution in [-0.4, -0.2) is 27.4 Å². The Morgan fingerprint density at radius 3 is 3.05 bits per heavy atom. The fourth-order valence-electron chi connectivity index (χ4n) is 2.69. The van der Waals surface area contributed by atoms with Gasteiger partial charge in [0.15, 0.2) is 0 Å². The number of anilines is 1. The molecule has 2 aromatic rings. The molecule has 2 atom stereocenters. The Morgan fingerprint density at radius 2 is 2.36 bits per heavy atom. The Kier molecular flexibility index (Phi) is 4.01. The second kappa shape index (κ2) is 5.95. The number of hydrogen-bond donors (Lipinski definition) is 1. The van der Waals surface area contributed by atoms with Crippen LogP contribution in [0.5, 0.6) is 0 Å². The van der Waals surface area contributed by atoms with Crippen LogP contribution < -0.4 is 5.32 Å². The van der Waals surface area contributed by atoms with E-state index in [1.165, 1.54) is 0 Å². The Hall–Kier alpha value is -2.10. The highest BCUT2D eigenvalue weighted by Gasteiger charge is 2.32. The van der Waals surface area contributed by atoms with Crippen molar-refractivity contribution in [3.8, 4) is 6.07 Å². The Labute approximate surface area is 133 Å². The second-order valence-corrected chi connectivity index (χ2v) is 5.68. The summed E-state index contributed by atoms with van der Waals surface area (Å²) in [4.78, 5) is 4.27. The van der Waals surface area contributed by atoms with Gasteiger partial charge in [-0.15, -0.1) is 0 Å². The maximum atomic E-state index is 9.36. The van der Waals surface area contributed by atoms with Crippen LogP contribution in [0.3, 0.4) is 0 Å². The monoisotopic (exact) mass is 317 g/mol. The van der Waals surface area contributed by atoms with E-state index in [0.717, 1.165) is 17.7 Å². The molecule has 7 heteroatoms. The van der Waals surface area contributed by atoms with Crippen LogP contribution in [0.4, 0.5) is 5.82 Å². The number of nitrogens with zero attached hydrogens (tertiary/aromatic N) is 4. The van der Waals surface area contributed by atoms with E-state index < -0.39 is 0 Å². The highest BCUT2D eigenvalue weighted by atomic mass is 35.5. The van der Waals surface area contributed by atoms with Gasteiger partial charge in [0.25, 0.3) is 0 Å². The Bertz CT molecular complexity index is 736. The van der Waals surface area contributed by atoms with Crippen molar-refractivity contribution in [1.82, 2.24) is 14.8 Å². The third-order valence-corrected chi connectivity index (χ3v) is 4.33. The molecule has 22 heavy (non-hydrogen) atoms. The van der Waals surface area contributed by atoms with Gasteiger partial charge in [0, 0.05) is 26.0 Å². The molecule has 2 aromatic heterocycles. The van der Waals surface area contributed by atoms with E-state index in [-0.39, 0.29) is 12.1 Å². The zero-order valence-electron chi connectivity index (χ0n) is 12.4. The molecule has 114 valence electrons. The standard InChI is InChI=1S/C15H16ClN5O/c1-9-10(7-17)15(18-8-11(9)16)20-12-4-6-22-14(12)13-3-5-19-21(13)2/h3,5,8,12,14H,4,6H2,1-2H3,(H,18,20)/t12-,14-/m0/s1. The molecule has 0 unspecified atom stereocenters. The van der Waals surface area contributed by atoms with Gasteiger partial charge in [0.2, 0.25) is 0 Å². The summed E-state index contributed by atoms with van der Waals surface area (Å²) in [6.07, 6.45) is 4.04. The van der Waals surface area contributed by atoms with Crippen molar-refractivity contribution in [2.75, 3.05) is 11.9 Å². The van der Waals surface area contributed by atoms with Crippen LogP contribution in [-0.2, 0) is 11.8 Å². The predicted molar refractivity (Wildman–Crippen MR) is 82.6 cm³/mol. The molecule has 1 aliphatic heterocycles. The van der Waals surface area contributed by atoms with Crippen LogP contribution in [0.25, 0.3) is 0 Å². The van der Waals surface area contributed by atoms with E-state index in [1.807, 2.05) is 20.0 Å². The highest BCUT2D eigenvalue weighted by Crippen LogP contribution is 2.32. The van der Waals surface area contributed by atoms with Crippen molar-refractivity contribution in [1.29, 1.82) is 5.26 Å². The van der Waals surface area contributed by atoms with Gasteiger partial charge in [0.1, 0.15) is 18.0 Å². The van der Waals surface area contributed by atoms with Crippen molar-refractivity contribution < 1.29 is 4.74 Å². The fourth-order valence-corrected chi connectivity index (χ4v) is 2.84. The zero-order valence-corrected chi connectivity index (χ0v) is 13.1. The summed E-state index contributed by atoms with van der Waals surface area (Å²) in [5.41, 5.74) is 2.21. The van der Waals surface area contributed by atoms with E-state index in [4.69, 9.17) is 16.3 Å². The molecule has 1 N–H and O–H groups in total. The summed E-state index contributed by atoms with van der Waals surface area (Å²) < 4.78 is 7.63. The first-order valence-electron chi connectivity index (χ1n) is 7.03. The average Bonchev–Trinajstić information content (AvgIpc) is 3.12. The molecule has 3 rings (SSSR count). The van der Waals surface area contributed by atoms with E-state index in [2.05, 4.69) is 21.5 Å². The van der Waals surface area contributed by atoms with Crippen LogP contribution in [0.1, 0.15) is 29.3 Å². The van der Waals surface area contributed by atoms with E-state index in [9.17, 15) is 5.26 Å². The molecule has 0 spiro atoms. The first-order valence-corrected chi connectivity index (χ1v) is 7.41. The van der Waals surface area contributed by atoms with Crippen molar-refractivity contribution in [2.24, 2.45) is 7.05 Å². The molecule has 1 aliphatic rings. The van der Waals surface area contributed by atoms with Crippen molar-refractivity contribution >= 4 is 17.4 Å². The van der Waals surface area contributed by atoms with Gasteiger partial charge < -0.3 is 10.1 Å². The quantitative estimate of drug-likeness (QED) is 0.941. The number of ether oxygens (including phenoxy) is 1. The first-order chi connectivity index (χ1) is 10.6. The van der Waals surface area contributed by atoms with Gasteiger partial charge in [-0.3, -0.25) is 4.68 Å². The van der Waals surface area contributed by atoms with Crippen LogP contribution in [0.2, 0.25) is 5.02 Å². The Morgan fingerprint density at radius 1 is 1.55 bits per heavy atom. The van der Waals surface area contributed by atoms with Gasteiger partial charge in [-0.2, -0.15) is 10.4 Å². The lowest BCUT2D eigenvalue weighted by Gasteiger charge is -2.21. The summed E-state index contributed by atoms with van der Waals surface area (Å²) in [7, 11) is 1.89. The number of aryl methyl sites for hydroxylation is 1. The number of hydrogen-bond acceptors (Lipinski definition) is 5. The summed E-state index contributed by atoms with van der Waals surface area (Å²) in [6, 6.07) is 4.15. The Balaban J connectivity index is 1.89. The van der Waals surface area contributed by atoms with Crippen LogP contribution in [0.15, 0.2) is 18.5 Å². The van der Waals surface area contributed by atoms with Crippen molar-refractivity contribution in [3.63, 3.8) is 0 Å². The van der Waals surface area contributed by atoms with Gasteiger partial charge >= 0.3 is 0 Å². The largest absolute Gasteiger partial charge is 0.370 e. The molecule has 0 aromatic carbocycles. The smallest absolute Gasteiger partial charge is 0.144 e. The number of halogens is 1. The fraction of sp³-hybridized carbons (Fsp3) is 0.400.